The zero-order chi connectivity index (χ0) is 18.0. The number of aromatic nitrogens is 1. The first-order chi connectivity index (χ1) is 11.9. The number of hydrogen-bond donors (Lipinski definition) is 1. The highest BCUT2D eigenvalue weighted by atomic mass is 35.5. The molecule has 8 heteroatoms. The van der Waals surface area contributed by atoms with Gasteiger partial charge in [0.1, 0.15) is 5.82 Å². The van der Waals surface area contributed by atoms with Crippen LogP contribution in [0, 0.1) is 17.5 Å². The molecule has 0 radical (unpaired) electrons. The molecule has 0 bridgehead atoms. The summed E-state index contributed by atoms with van der Waals surface area (Å²) in [7, 11) is 0. The summed E-state index contributed by atoms with van der Waals surface area (Å²) >= 11 is 6.99. The molecule has 0 spiro atoms. The van der Waals surface area contributed by atoms with E-state index in [1.165, 1.54) is 23.5 Å². The third kappa shape index (κ3) is 4.18. The number of thiazole rings is 1. The Balaban J connectivity index is 1.71. The summed E-state index contributed by atoms with van der Waals surface area (Å²) in [4.78, 5) is 17.1. The summed E-state index contributed by atoms with van der Waals surface area (Å²) in [5.74, 6) is -3.29. The zero-order valence-corrected chi connectivity index (χ0v) is 14.1. The monoisotopic (exact) mass is 382 g/mol. The maximum absolute atomic E-state index is 13.3. The molecule has 1 heterocycles. The molecule has 2 aromatic carbocycles. The van der Waals surface area contributed by atoms with Crippen LogP contribution >= 0.6 is 22.9 Å². The molecule has 3 nitrogen and oxygen atoms in total. The van der Waals surface area contributed by atoms with E-state index in [0.29, 0.717) is 11.6 Å². The molecule has 3 rings (SSSR count). The first kappa shape index (κ1) is 17.4. The van der Waals surface area contributed by atoms with E-state index in [-0.39, 0.29) is 16.4 Å². The van der Waals surface area contributed by atoms with Crippen LogP contribution in [-0.4, -0.2) is 10.9 Å². The average molecular weight is 383 g/mol. The van der Waals surface area contributed by atoms with Crippen molar-refractivity contribution in [1.82, 2.24) is 4.98 Å². The van der Waals surface area contributed by atoms with Gasteiger partial charge in [-0.15, -0.1) is 11.3 Å². The van der Waals surface area contributed by atoms with Crippen LogP contribution in [0.15, 0.2) is 42.6 Å². The van der Waals surface area contributed by atoms with Crippen molar-refractivity contribution in [3.8, 4) is 0 Å². The maximum Gasteiger partial charge on any atom is 0.259 e. The lowest BCUT2D eigenvalue weighted by molar-refractivity contribution is 0.102. The quantitative estimate of drug-likeness (QED) is 0.641. The fraction of sp³-hybridized carbons (Fsp3) is 0.0588. The average Bonchev–Trinajstić information content (AvgIpc) is 3.00. The minimum Gasteiger partial charge on any atom is -0.298 e. The van der Waals surface area contributed by atoms with Gasteiger partial charge in [-0.3, -0.25) is 10.1 Å². The number of halogens is 4. The first-order valence-corrected chi connectivity index (χ1v) is 8.27. The number of carbonyl (C=O) groups is 1. The molecular formula is C17H10ClF3N2OS. The number of benzene rings is 2. The minimum atomic E-state index is -1.16. The Morgan fingerprint density at radius 3 is 2.52 bits per heavy atom. The number of anilines is 1. The van der Waals surface area contributed by atoms with Gasteiger partial charge in [-0.1, -0.05) is 23.7 Å². The summed E-state index contributed by atoms with van der Waals surface area (Å²) in [6.45, 7) is 0. The fourth-order valence-electron chi connectivity index (χ4n) is 2.11. The standard InChI is InChI=1S/C17H10ClF3N2OS/c18-13-7-15(21)14(20)6-12(13)16(24)23-17-22-8-11(25-17)5-9-1-3-10(19)4-2-9/h1-4,6-8H,5H2,(H,22,23,24). The Labute approximate surface area is 150 Å². The van der Waals surface area contributed by atoms with Gasteiger partial charge in [0.05, 0.1) is 10.6 Å². The highest BCUT2D eigenvalue weighted by Crippen LogP contribution is 2.24. The van der Waals surface area contributed by atoms with Crippen LogP contribution in [0.5, 0.6) is 0 Å². The summed E-state index contributed by atoms with van der Waals surface area (Å²) in [6.07, 6.45) is 2.11. The van der Waals surface area contributed by atoms with Crippen LogP contribution in [0.1, 0.15) is 20.8 Å². The van der Waals surface area contributed by atoms with E-state index >= 15 is 0 Å². The molecule has 0 saturated carbocycles. The first-order valence-electron chi connectivity index (χ1n) is 7.07. The molecular weight excluding hydrogens is 373 g/mol. The summed E-state index contributed by atoms with van der Waals surface area (Å²) in [6, 6.07) is 7.53. The molecule has 0 fully saturated rings. The lowest BCUT2D eigenvalue weighted by atomic mass is 10.1. The van der Waals surface area contributed by atoms with E-state index < -0.39 is 17.5 Å². The van der Waals surface area contributed by atoms with Crippen molar-refractivity contribution >= 4 is 34.0 Å². The topological polar surface area (TPSA) is 42.0 Å². The Morgan fingerprint density at radius 2 is 1.80 bits per heavy atom. The van der Waals surface area contributed by atoms with E-state index in [9.17, 15) is 18.0 Å². The summed E-state index contributed by atoms with van der Waals surface area (Å²) in [5.41, 5.74) is 0.711. The van der Waals surface area contributed by atoms with Crippen molar-refractivity contribution in [2.45, 2.75) is 6.42 Å². The fourth-order valence-corrected chi connectivity index (χ4v) is 3.19. The molecule has 3 aromatic rings. The van der Waals surface area contributed by atoms with Gasteiger partial charge < -0.3 is 0 Å². The predicted molar refractivity (Wildman–Crippen MR) is 90.6 cm³/mol. The van der Waals surface area contributed by atoms with Crippen molar-refractivity contribution in [2.24, 2.45) is 0 Å². The van der Waals surface area contributed by atoms with Crippen molar-refractivity contribution in [3.05, 3.63) is 81.1 Å². The lowest BCUT2D eigenvalue weighted by Gasteiger charge is -2.05. The molecule has 0 unspecified atom stereocenters. The number of nitrogens with one attached hydrogen (secondary N) is 1. The lowest BCUT2D eigenvalue weighted by Crippen LogP contribution is -2.13. The zero-order valence-electron chi connectivity index (χ0n) is 12.5. The Kier molecular flexibility index (Phi) is 5.06. The van der Waals surface area contributed by atoms with Gasteiger partial charge in [-0.2, -0.15) is 0 Å². The largest absolute Gasteiger partial charge is 0.298 e. The van der Waals surface area contributed by atoms with Crippen molar-refractivity contribution in [3.63, 3.8) is 0 Å². The third-order valence-corrected chi connectivity index (χ3v) is 4.55. The van der Waals surface area contributed by atoms with Gasteiger partial charge in [-0.25, -0.2) is 18.2 Å². The summed E-state index contributed by atoms with van der Waals surface area (Å²) < 4.78 is 39.2. The van der Waals surface area contributed by atoms with Crippen molar-refractivity contribution < 1.29 is 18.0 Å². The predicted octanol–water partition coefficient (Wildman–Crippen LogP) is 5.06. The van der Waals surface area contributed by atoms with Crippen LogP contribution in [-0.2, 0) is 6.42 Å². The second kappa shape index (κ2) is 7.25. The molecule has 1 aromatic heterocycles. The van der Waals surface area contributed by atoms with Crippen LogP contribution in [0.3, 0.4) is 0 Å². The van der Waals surface area contributed by atoms with Gasteiger partial charge >= 0.3 is 0 Å². The van der Waals surface area contributed by atoms with Gasteiger partial charge in [-0.05, 0) is 29.8 Å². The highest BCUT2D eigenvalue weighted by molar-refractivity contribution is 7.15. The van der Waals surface area contributed by atoms with Crippen molar-refractivity contribution in [2.75, 3.05) is 5.32 Å². The molecule has 128 valence electrons. The molecule has 1 N–H and O–H groups in total. The van der Waals surface area contributed by atoms with E-state index in [4.69, 9.17) is 11.6 Å². The van der Waals surface area contributed by atoms with E-state index in [1.807, 2.05) is 0 Å². The normalized spacial score (nSPS) is 10.7. The number of carbonyl (C=O) groups excluding carboxylic acids is 1. The van der Waals surface area contributed by atoms with Crippen LogP contribution in [0.4, 0.5) is 18.3 Å². The van der Waals surface area contributed by atoms with E-state index in [2.05, 4.69) is 10.3 Å². The van der Waals surface area contributed by atoms with E-state index in [0.717, 1.165) is 22.6 Å². The van der Waals surface area contributed by atoms with Gasteiger partial charge in [0.25, 0.3) is 5.91 Å². The number of hydrogen-bond acceptors (Lipinski definition) is 3. The van der Waals surface area contributed by atoms with Crippen LogP contribution < -0.4 is 5.32 Å². The van der Waals surface area contributed by atoms with Crippen LogP contribution in [0.25, 0.3) is 0 Å². The Hall–Kier alpha value is -2.38. The third-order valence-electron chi connectivity index (χ3n) is 3.32. The second-order valence-corrected chi connectivity index (χ2v) is 6.66. The molecule has 0 aliphatic carbocycles. The number of rotatable bonds is 4. The minimum absolute atomic E-state index is 0.184. The number of amides is 1. The Bertz CT molecular complexity index is 928. The van der Waals surface area contributed by atoms with Gasteiger partial charge in [0.15, 0.2) is 16.8 Å². The molecule has 25 heavy (non-hydrogen) atoms. The van der Waals surface area contributed by atoms with Crippen molar-refractivity contribution in [1.29, 1.82) is 0 Å². The molecule has 0 saturated heterocycles. The highest BCUT2D eigenvalue weighted by Gasteiger charge is 2.16. The van der Waals surface area contributed by atoms with E-state index in [1.54, 1.807) is 18.3 Å². The van der Waals surface area contributed by atoms with Gasteiger partial charge in [0, 0.05) is 17.5 Å². The molecule has 1 amide bonds. The SMILES string of the molecule is O=C(Nc1ncc(Cc2ccc(F)cc2)s1)c1cc(F)c(F)cc1Cl. The molecule has 0 aliphatic rings. The smallest absolute Gasteiger partial charge is 0.259 e. The molecule has 0 atom stereocenters. The number of nitrogens with zero attached hydrogens (tertiary/aromatic N) is 1. The second-order valence-electron chi connectivity index (χ2n) is 5.14. The maximum atomic E-state index is 13.3. The molecule has 0 aliphatic heterocycles. The Morgan fingerprint density at radius 1 is 1.12 bits per heavy atom. The summed E-state index contributed by atoms with van der Waals surface area (Å²) in [5, 5.41) is 2.60. The van der Waals surface area contributed by atoms with Crippen LogP contribution in [0.2, 0.25) is 5.02 Å². The van der Waals surface area contributed by atoms with Gasteiger partial charge in [0.2, 0.25) is 0 Å².